The molecular formula is C18H20NO3+. The minimum atomic E-state index is -0.736. The van der Waals surface area contributed by atoms with Crippen molar-refractivity contribution in [3.05, 3.63) is 59.9 Å². The van der Waals surface area contributed by atoms with Gasteiger partial charge in [-0.25, -0.2) is 4.57 Å². The topological polar surface area (TPSA) is 61.4 Å². The Morgan fingerprint density at radius 2 is 1.55 bits per heavy atom. The van der Waals surface area contributed by atoms with E-state index in [0.717, 1.165) is 24.1 Å². The van der Waals surface area contributed by atoms with E-state index in [9.17, 15) is 9.90 Å². The van der Waals surface area contributed by atoms with E-state index < -0.39 is 5.97 Å². The van der Waals surface area contributed by atoms with Crippen LogP contribution in [-0.4, -0.2) is 16.2 Å². The molecule has 0 spiro atoms. The van der Waals surface area contributed by atoms with E-state index in [2.05, 4.69) is 4.57 Å². The maximum atomic E-state index is 10.4. The molecule has 4 nitrogen and oxygen atoms in total. The van der Waals surface area contributed by atoms with Crippen molar-refractivity contribution in [2.75, 3.05) is 0 Å². The molecule has 0 atom stereocenters. The lowest BCUT2D eigenvalue weighted by atomic mass is 10.1. The van der Waals surface area contributed by atoms with Crippen LogP contribution in [0.25, 0.3) is 12.2 Å². The second kappa shape index (κ2) is 7.98. The second-order valence-corrected chi connectivity index (χ2v) is 5.15. The van der Waals surface area contributed by atoms with Crippen LogP contribution in [-0.2, 0) is 11.3 Å². The molecule has 0 aliphatic carbocycles. The average molecular weight is 298 g/mol. The van der Waals surface area contributed by atoms with Gasteiger partial charge in [0.15, 0.2) is 12.4 Å². The monoisotopic (exact) mass is 298 g/mol. The van der Waals surface area contributed by atoms with E-state index in [1.807, 2.05) is 48.8 Å². The Kier molecular flexibility index (Phi) is 5.72. The second-order valence-electron chi connectivity index (χ2n) is 5.15. The Balaban J connectivity index is 1.86. The molecule has 0 aliphatic heterocycles. The van der Waals surface area contributed by atoms with Gasteiger partial charge < -0.3 is 10.2 Å². The van der Waals surface area contributed by atoms with Crippen LogP contribution in [0, 0.1) is 0 Å². The molecule has 4 heteroatoms. The first-order valence-electron chi connectivity index (χ1n) is 7.31. The normalized spacial score (nSPS) is 10.9. The molecule has 0 unspecified atom stereocenters. The van der Waals surface area contributed by atoms with Gasteiger partial charge in [0.1, 0.15) is 12.3 Å². The number of rotatable bonds is 7. The van der Waals surface area contributed by atoms with E-state index in [1.165, 1.54) is 0 Å². The van der Waals surface area contributed by atoms with E-state index in [-0.39, 0.29) is 12.2 Å². The number of phenols is 1. The number of benzene rings is 1. The largest absolute Gasteiger partial charge is 0.508 e. The molecular weight excluding hydrogens is 278 g/mol. The molecule has 0 fully saturated rings. The van der Waals surface area contributed by atoms with Gasteiger partial charge in [0, 0.05) is 25.0 Å². The summed E-state index contributed by atoms with van der Waals surface area (Å²) in [4.78, 5) is 10.4. The number of unbranched alkanes of at least 4 members (excludes halogenated alkanes) is 1. The third-order valence-corrected chi connectivity index (χ3v) is 3.34. The molecule has 1 aromatic carbocycles. The number of carboxylic acids is 1. The van der Waals surface area contributed by atoms with E-state index in [4.69, 9.17) is 5.11 Å². The van der Waals surface area contributed by atoms with Crippen LogP contribution < -0.4 is 4.57 Å². The number of aromatic nitrogens is 1. The van der Waals surface area contributed by atoms with Crippen molar-refractivity contribution in [2.24, 2.45) is 0 Å². The predicted octanol–water partition coefficient (Wildman–Crippen LogP) is 3.11. The maximum absolute atomic E-state index is 10.4. The van der Waals surface area contributed by atoms with Crippen molar-refractivity contribution in [3.8, 4) is 5.75 Å². The summed E-state index contributed by atoms with van der Waals surface area (Å²) in [6.07, 6.45) is 9.79. The predicted molar refractivity (Wildman–Crippen MR) is 85.2 cm³/mol. The number of hydrogen-bond donors (Lipinski definition) is 2. The zero-order chi connectivity index (χ0) is 15.8. The van der Waals surface area contributed by atoms with Gasteiger partial charge in [0.05, 0.1) is 0 Å². The lowest BCUT2D eigenvalue weighted by molar-refractivity contribution is -0.697. The van der Waals surface area contributed by atoms with Gasteiger partial charge in [0.25, 0.3) is 0 Å². The standard InChI is InChI=1S/C18H19NO3/c20-17-8-6-15(7-9-17)4-5-16-10-13-19(14-11-16)12-2-1-3-18(21)22/h4-11,13-14H,1-3,12H2,(H,21,22)/p+1. The van der Waals surface area contributed by atoms with Gasteiger partial charge in [0.2, 0.25) is 0 Å². The molecule has 0 radical (unpaired) electrons. The zero-order valence-electron chi connectivity index (χ0n) is 12.4. The summed E-state index contributed by atoms with van der Waals surface area (Å²) in [5, 5.41) is 17.8. The molecule has 114 valence electrons. The number of aromatic hydroxyl groups is 1. The van der Waals surface area contributed by atoms with Crippen molar-refractivity contribution in [2.45, 2.75) is 25.8 Å². The number of phenolic OH excluding ortho intramolecular Hbond substituents is 1. The highest BCUT2D eigenvalue weighted by Gasteiger charge is 2.02. The van der Waals surface area contributed by atoms with Crippen LogP contribution in [0.1, 0.15) is 30.4 Å². The van der Waals surface area contributed by atoms with Crippen LogP contribution in [0.4, 0.5) is 0 Å². The minimum Gasteiger partial charge on any atom is -0.508 e. The summed E-state index contributed by atoms with van der Waals surface area (Å²) in [6.45, 7) is 0.829. The molecule has 2 rings (SSSR count). The quantitative estimate of drug-likeness (QED) is 0.610. The number of aliphatic carboxylic acids is 1. The van der Waals surface area contributed by atoms with Crippen LogP contribution in [0.5, 0.6) is 5.75 Å². The van der Waals surface area contributed by atoms with E-state index in [0.29, 0.717) is 6.42 Å². The van der Waals surface area contributed by atoms with Crippen LogP contribution in [0.2, 0.25) is 0 Å². The van der Waals surface area contributed by atoms with Crippen molar-refractivity contribution in [3.63, 3.8) is 0 Å². The Labute approximate surface area is 130 Å². The molecule has 2 N–H and O–H groups in total. The van der Waals surface area contributed by atoms with Gasteiger partial charge in [-0.05, 0) is 29.7 Å². The lowest BCUT2D eigenvalue weighted by Crippen LogP contribution is -2.32. The maximum Gasteiger partial charge on any atom is 0.303 e. The van der Waals surface area contributed by atoms with Gasteiger partial charge in [-0.1, -0.05) is 24.3 Å². The molecule has 1 aromatic heterocycles. The summed E-state index contributed by atoms with van der Waals surface area (Å²) in [6, 6.07) is 11.1. The minimum absolute atomic E-state index is 0.230. The molecule has 0 amide bonds. The molecule has 2 aromatic rings. The fourth-order valence-electron chi connectivity index (χ4n) is 2.08. The fraction of sp³-hybridized carbons (Fsp3) is 0.222. The Bertz CT molecular complexity index is 630. The number of aryl methyl sites for hydroxylation is 1. The van der Waals surface area contributed by atoms with Crippen molar-refractivity contribution < 1.29 is 19.6 Å². The van der Waals surface area contributed by atoms with Crippen LogP contribution >= 0.6 is 0 Å². The number of carbonyl (C=O) groups is 1. The third-order valence-electron chi connectivity index (χ3n) is 3.34. The Morgan fingerprint density at radius 3 is 2.14 bits per heavy atom. The summed E-state index contributed by atoms with van der Waals surface area (Å²) < 4.78 is 2.06. The highest BCUT2D eigenvalue weighted by molar-refractivity contribution is 5.69. The first-order valence-corrected chi connectivity index (χ1v) is 7.31. The first-order chi connectivity index (χ1) is 10.6. The molecule has 0 saturated heterocycles. The summed E-state index contributed by atoms with van der Waals surface area (Å²) in [5.41, 5.74) is 2.12. The number of pyridine rings is 1. The average Bonchev–Trinajstić information content (AvgIpc) is 2.52. The van der Waals surface area contributed by atoms with Crippen LogP contribution in [0.3, 0.4) is 0 Å². The molecule has 0 bridgehead atoms. The van der Waals surface area contributed by atoms with E-state index >= 15 is 0 Å². The van der Waals surface area contributed by atoms with Gasteiger partial charge in [-0.3, -0.25) is 4.79 Å². The smallest absolute Gasteiger partial charge is 0.303 e. The van der Waals surface area contributed by atoms with Crippen molar-refractivity contribution in [1.82, 2.24) is 0 Å². The molecule has 0 aliphatic rings. The van der Waals surface area contributed by atoms with E-state index in [1.54, 1.807) is 12.1 Å². The van der Waals surface area contributed by atoms with Crippen molar-refractivity contribution >= 4 is 18.1 Å². The molecule has 1 heterocycles. The summed E-state index contributed by atoms with van der Waals surface area (Å²) >= 11 is 0. The van der Waals surface area contributed by atoms with Gasteiger partial charge in [-0.2, -0.15) is 0 Å². The number of hydrogen-bond acceptors (Lipinski definition) is 2. The van der Waals surface area contributed by atoms with Crippen molar-refractivity contribution in [1.29, 1.82) is 0 Å². The number of nitrogens with zero attached hydrogens (tertiary/aromatic N) is 1. The van der Waals surface area contributed by atoms with Crippen LogP contribution in [0.15, 0.2) is 48.8 Å². The van der Waals surface area contributed by atoms with Gasteiger partial charge >= 0.3 is 5.97 Å². The summed E-state index contributed by atoms with van der Waals surface area (Å²) in [7, 11) is 0. The zero-order valence-corrected chi connectivity index (χ0v) is 12.4. The SMILES string of the molecule is O=C(O)CCCC[n+]1ccc(/C=C\c2ccc(O)cc2)cc1. The molecule has 22 heavy (non-hydrogen) atoms. The Hall–Kier alpha value is -2.62. The first kappa shape index (κ1) is 15.8. The molecule has 0 saturated carbocycles. The fourth-order valence-corrected chi connectivity index (χ4v) is 2.08. The highest BCUT2D eigenvalue weighted by atomic mass is 16.4. The number of carboxylic acid groups (broad SMARTS) is 1. The summed E-state index contributed by atoms with van der Waals surface area (Å²) in [5.74, 6) is -0.472. The Morgan fingerprint density at radius 1 is 0.955 bits per heavy atom. The van der Waals surface area contributed by atoms with Gasteiger partial charge in [-0.15, -0.1) is 0 Å². The third kappa shape index (κ3) is 5.40. The highest BCUT2D eigenvalue weighted by Crippen LogP contribution is 2.12. The lowest BCUT2D eigenvalue weighted by Gasteiger charge is -1.98.